The molecule has 0 radical (unpaired) electrons. The molecule has 0 N–H and O–H groups in total. The summed E-state index contributed by atoms with van der Waals surface area (Å²) in [5.41, 5.74) is 3.04. The summed E-state index contributed by atoms with van der Waals surface area (Å²) in [6.07, 6.45) is 6.41. The predicted molar refractivity (Wildman–Crippen MR) is 109 cm³/mol. The molecule has 146 valence electrons. The van der Waals surface area contributed by atoms with Crippen molar-refractivity contribution in [1.82, 2.24) is 0 Å². The van der Waals surface area contributed by atoms with Gasteiger partial charge in [0.25, 0.3) is 0 Å². The van der Waals surface area contributed by atoms with Gasteiger partial charge in [-0.05, 0) is 80.4 Å². The lowest BCUT2D eigenvalue weighted by Crippen LogP contribution is -2.58. The van der Waals surface area contributed by atoms with E-state index in [1.807, 2.05) is 0 Å². The third kappa shape index (κ3) is 3.04. The van der Waals surface area contributed by atoms with Crippen LogP contribution in [0, 0.1) is 36.5 Å². The van der Waals surface area contributed by atoms with E-state index in [2.05, 4.69) is 60.6 Å². The first kappa shape index (κ1) is 19.6. The minimum absolute atomic E-state index is 0.147. The highest BCUT2D eigenvalue weighted by Gasteiger charge is 2.57. The molecular formula is C24H38O2. The molecule has 0 saturated heterocycles. The van der Waals surface area contributed by atoms with Crippen molar-refractivity contribution in [2.24, 2.45) is 22.7 Å². The normalized spacial score (nSPS) is 36.3. The van der Waals surface area contributed by atoms with Crippen LogP contribution in [-0.4, -0.2) is 12.7 Å². The maximum atomic E-state index is 6.82. The van der Waals surface area contributed by atoms with Crippen LogP contribution in [0.1, 0.15) is 77.8 Å². The zero-order valence-corrected chi connectivity index (χ0v) is 18.2. The van der Waals surface area contributed by atoms with Gasteiger partial charge in [-0.3, -0.25) is 0 Å². The first-order chi connectivity index (χ1) is 12.0. The molecule has 0 amide bonds. The van der Waals surface area contributed by atoms with Crippen LogP contribution < -0.4 is 9.47 Å². The summed E-state index contributed by atoms with van der Waals surface area (Å²) in [6.45, 7) is 16.5. The third-order valence-corrected chi connectivity index (χ3v) is 8.05. The van der Waals surface area contributed by atoms with Crippen LogP contribution >= 0.6 is 0 Å². The Morgan fingerprint density at radius 1 is 1.00 bits per heavy atom. The second-order valence-electron chi connectivity index (χ2n) is 10.2. The Morgan fingerprint density at radius 3 is 2.35 bits per heavy atom. The van der Waals surface area contributed by atoms with E-state index in [9.17, 15) is 0 Å². The molecule has 0 spiro atoms. The highest BCUT2D eigenvalue weighted by Crippen LogP contribution is 2.62. The minimum Gasteiger partial charge on any atom is -0.493 e. The van der Waals surface area contributed by atoms with Crippen molar-refractivity contribution in [2.45, 2.75) is 86.2 Å². The van der Waals surface area contributed by atoms with Gasteiger partial charge in [-0.2, -0.15) is 0 Å². The largest absolute Gasteiger partial charge is 0.493 e. The SMILES string of the molecule is COc1cc(C)cc(C)c1O[C@]1(C)CC[C@H]2C(C)(C)CCC[C@]2(C)C1C. The first-order valence-electron chi connectivity index (χ1n) is 10.4. The molecule has 2 aliphatic rings. The van der Waals surface area contributed by atoms with E-state index in [-0.39, 0.29) is 5.60 Å². The van der Waals surface area contributed by atoms with E-state index < -0.39 is 0 Å². The number of fused-ring (bicyclic) bond motifs is 1. The number of ether oxygens (including phenoxy) is 2. The molecule has 0 heterocycles. The van der Waals surface area contributed by atoms with Crippen LogP contribution in [0.4, 0.5) is 0 Å². The summed E-state index contributed by atoms with van der Waals surface area (Å²) in [4.78, 5) is 0. The number of hydrogen-bond acceptors (Lipinski definition) is 2. The first-order valence-corrected chi connectivity index (χ1v) is 10.4. The lowest BCUT2D eigenvalue weighted by molar-refractivity contribution is -0.149. The second-order valence-corrected chi connectivity index (χ2v) is 10.2. The number of hydrogen-bond donors (Lipinski definition) is 0. The van der Waals surface area contributed by atoms with E-state index in [0.29, 0.717) is 16.7 Å². The third-order valence-electron chi connectivity index (χ3n) is 8.05. The summed E-state index contributed by atoms with van der Waals surface area (Å²) in [7, 11) is 1.74. The summed E-state index contributed by atoms with van der Waals surface area (Å²) in [5, 5.41) is 0. The van der Waals surface area contributed by atoms with Crippen LogP contribution in [0.15, 0.2) is 12.1 Å². The van der Waals surface area contributed by atoms with Crippen LogP contribution in [0.5, 0.6) is 11.5 Å². The Kier molecular flexibility index (Phi) is 4.86. The Balaban J connectivity index is 1.95. The van der Waals surface area contributed by atoms with Crippen molar-refractivity contribution in [3.8, 4) is 11.5 Å². The molecule has 2 saturated carbocycles. The molecule has 26 heavy (non-hydrogen) atoms. The molecule has 0 aliphatic heterocycles. The van der Waals surface area contributed by atoms with E-state index in [4.69, 9.17) is 9.47 Å². The van der Waals surface area contributed by atoms with Crippen LogP contribution in [0.25, 0.3) is 0 Å². The minimum atomic E-state index is -0.147. The number of rotatable bonds is 3. The molecule has 2 fully saturated rings. The zero-order chi connectivity index (χ0) is 19.3. The van der Waals surface area contributed by atoms with Gasteiger partial charge in [0.1, 0.15) is 5.60 Å². The van der Waals surface area contributed by atoms with E-state index in [0.717, 1.165) is 23.8 Å². The Bertz CT molecular complexity index is 677. The van der Waals surface area contributed by atoms with Gasteiger partial charge >= 0.3 is 0 Å². The average molecular weight is 359 g/mol. The number of aryl methyl sites for hydroxylation is 2. The van der Waals surface area contributed by atoms with Gasteiger partial charge in [0, 0.05) is 5.92 Å². The summed E-state index contributed by atoms with van der Waals surface area (Å²) >= 11 is 0. The molecule has 2 heteroatoms. The van der Waals surface area contributed by atoms with Crippen LogP contribution in [0.2, 0.25) is 0 Å². The maximum Gasteiger partial charge on any atom is 0.164 e. The highest BCUT2D eigenvalue weighted by atomic mass is 16.5. The maximum absolute atomic E-state index is 6.82. The van der Waals surface area contributed by atoms with Gasteiger partial charge in [-0.1, -0.05) is 40.2 Å². The smallest absolute Gasteiger partial charge is 0.164 e. The lowest BCUT2D eigenvalue weighted by atomic mass is 9.46. The van der Waals surface area contributed by atoms with Gasteiger partial charge in [0.05, 0.1) is 7.11 Å². The van der Waals surface area contributed by atoms with Crippen molar-refractivity contribution < 1.29 is 9.47 Å². The van der Waals surface area contributed by atoms with Crippen molar-refractivity contribution in [1.29, 1.82) is 0 Å². The Labute approximate surface area is 160 Å². The molecular weight excluding hydrogens is 320 g/mol. The van der Waals surface area contributed by atoms with Crippen LogP contribution in [0.3, 0.4) is 0 Å². The number of benzene rings is 1. The monoisotopic (exact) mass is 358 g/mol. The molecule has 2 aliphatic carbocycles. The lowest BCUT2D eigenvalue weighted by Gasteiger charge is -2.61. The molecule has 4 atom stereocenters. The van der Waals surface area contributed by atoms with E-state index in [1.165, 1.54) is 36.8 Å². The van der Waals surface area contributed by atoms with E-state index in [1.54, 1.807) is 7.11 Å². The molecule has 0 bridgehead atoms. The van der Waals surface area contributed by atoms with Crippen molar-refractivity contribution >= 4 is 0 Å². The quantitative estimate of drug-likeness (QED) is 0.597. The fourth-order valence-corrected chi connectivity index (χ4v) is 6.32. The van der Waals surface area contributed by atoms with Gasteiger partial charge in [0.2, 0.25) is 0 Å². The molecule has 0 aromatic heterocycles. The molecule has 1 unspecified atom stereocenters. The predicted octanol–water partition coefficient (Wildman–Crippen LogP) is 6.71. The molecule has 3 rings (SSSR count). The van der Waals surface area contributed by atoms with Crippen molar-refractivity contribution in [3.63, 3.8) is 0 Å². The van der Waals surface area contributed by atoms with Gasteiger partial charge < -0.3 is 9.47 Å². The fraction of sp³-hybridized carbons (Fsp3) is 0.750. The Morgan fingerprint density at radius 2 is 1.69 bits per heavy atom. The van der Waals surface area contributed by atoms with Gasteiger partial charge in [0.15, 0.2) is 11.5 Å². The zero-order valence-electron chi connectivity index (χ0n) is 18.2. The topological polar surface area (TPSA) is 18.5 Å². The van der Waals surface area contributed by atoms with Crippen molar-refractivity contribution in [3.05, 3.63) is 23.3 Å². The molecule has 1 aromatic carbocycles. The van der Waals surface area contributed by atoms with Gasteiger partial charge in [-0.25, -0.2) is 0 Å². The van der Waals surface area contributed by atoms with Crippen molar-refractivity contribution in [2.75, 3.05) is 7.11 Å². The standard InChI is InChI=1S/C24H38O2/c1-16-14-17(2)21(19(15-16)25-8)26-24(7)13-10-20-22(4,5)11-9-12-23(20,6)18(24)3/h14-15,18,20H,9-13H2,1-8H3/t18?,20-,23+,24+/m0/s1. The molecule has 1 aromatic rings. The van der Waals surface area contributed by atoms with Crippen LogP contribution in [-0.2, 0) is 0 Å². The molecule has 2 nitrogen and oxygen atoms in total. The summed E-state index contributed by atoms with van der Waals surface area (Å²) < 4.78 is 12.5. The summed E-state index contributed by atoms with van der Waals surface area (Å²) in [5.74, 6) is 3.10. The van der Waals surface area contributed by atoms with Gasteiger partial charge in [-0.15, -0.1) is 0 Å². The number of methoxy groups -OCH3 is 1. The summed E-state index contributed by atoms with van der Waals surface area (Å²) in [6, 6.07) is 4.29. The second kappa shape index (κ2) is 6.46. The van der Waals surface area contributed by atoms with E-state index >= 15 is 0 Å². The fourth-order valence-electron chi connectivity index (χ4n) is 6.32. The Hall–Kier alpha value is -1.18. The highest BCUT2D eigenvalue weighted by molar-refractivity contribution is 5.49. The average Bonchev–Trinajstić information content (AvgIpc) is 2.54.